The van der Waals surface area contributed by atoms with Gasteiger partial charge in [-0.2, -0.15) is 0 Å². The van der Waals surface area contributed by atoms with Gasteiger partial charge in [0.05, 0.1) is 126 Å². The minimum absolute atomic E-state index is 0.202. The molecule has 40 heavy (non-hydrogen) atoms. The summed E-state index contributed by atoms with van der Waals surface area (Å²) < 4.78 is 59.0. The van der Waals surface area contributed by atoms with Gasteiger partial charge >= 0.3 is 5.97 Å². The normalized spacial score (nSPS) is 11.2. The van der Waals surface area contributed by atoms with Crippen LogP contribution in [0.2, 0.25) is 0 Å². The summed E-state index contributed by atoms with van der Waals surface area (Å²) in [5.41, 5.74) is 0. The third-order valence-electron chi connectivity index (χ3n) is 4.88. The van der Waals surface area contributed by atoms with Crippen LogP contribution in [0.3, 0.4) is 0 Å². The van der Waals surface area contributed by atoms with Gasteiger partial charge in [-0.1, -0.05) is 26.3 Å². The molecule has 12 nitrogen and oxygen atoms in total. The number of unbranched alkanes of at least 4 members (excludes halogenated alkanes) is 2. The summed E-state index contributed by atoms with van der Waals surface area (Å²) in [5, 5.41) is 0. The van der Waals surface area contributed by atoms with Gasteiger partial charge in [0.15, 0.2) is 0 Å². The van der Waals surface area contributed by atoms with Crippen LogP contribution in [0.15, 0.2) is 12.7 Å². The van der Waals surface area contributed by atoms with Crippen molar-refractivity contribution in [3.05, 3.63) is 12.7 Å². The molecular formula is C28H54O12. The van der Waals surface area contributed by atoms with E-state index in [0.717, 1.165) is 19.1 Å². The second-order valence-corrected chi connectivity index (χ2v) is 8.20. The minimum Gasteiger partial charge on any atom is -0.460 e. The zero-order valence-corrected chi connectivity index (χ0v) is 24.7. The summed E-state index contributed by atoms with van der Waals surface area (Å²) in [6.45, 7) is 16.1. The molecule has 0 aromatic carbocycles. The second-order valence-electron chi connectivity index (χ2n) is 8.20. The Balaban J connectivity index is 3.04. The Morgan fingerprint density at radius 3 is 0.925 bits per heavy atom. The first-order chi connectivity index (χ1) is 19.8. The maximum absolute atomic E-state index is 10.8. The summed E-state index contributed by atoms with van der Waals surface area (Å²) in [7, 11) is 0. The van der Waals surface area contributed by atoms with Gasteiger partial charge in [-0.05, 0) is 6.42 Å². The number of carbonyl (C=O) groups is 1. The second kappa shape index (κ2) is 35.8. The molecule has 0 rings (SSSR count). The molecule has 0 aromatic heterocycles. The molecule has 0 unspecified atom stereocenters. The molecule has 0 atom stereocenters. The molecule has 0 saturated heterocycles. The summed E-state index contributed by atoms with van der Waals surface area (Å²) in [5.74, 6) is -0.456. The van der Waals surface area contributed by atoms with Gasteiger partial charge in [0, 0.05) is 12.7 Å². The Hall–Kier alpha value is -1.19. The van der Waals surface area contributed by atoms with Crippen molar-refractivity contribution in [2.45, 2.75) is 26.2 Å². The van der Waals surface area contributed by atoms with E-state index in [-0.39, 0.29) is 6.61 Å². The smallest absolute Gasteiger partial charge is 0.330 e. The van der Waals surface area contributed by atoms with Gasteiger partial charge in [-0.15, -0.1) is 0 Å². The molecule has 0 aliphatic heterocycles. The molecule has 0 spiro atoms. The Bertz CT molecular complexity index is 510. The van der Waals surface area contributed by atoms with Gasteiger partial charge in [0.1, 0.15) is 6.61 Å². The lowest BCUT2D eigenvalue weighted by atomic mass is 10.3. The largest absolute Gasteiger partial charge is 0.460 e. The molecule has 238 valence electrons. The van der Waals surface area contributed by atoms with Crippen molar-refractivity contribution in [2.75, 3.05) is 139 Å². The first-order valence-corrected chi connectivity index (χ1v) is 14.4. The van der Waals surface area contributed by atoms with Crippen LogP contribution in [0, 0.1) is 0 Å². The van der Waals surface area contributed by atoms with Crippen LogP contribution in [0.1, 0.15) is 26.2 Å². The summed E-state index contributed by atoms with van der Waals surface area (Å²) in [4.78, 5) is 10.8. The van der Waals surface area contributed by atoms with E-state index in [1.54, 1.807) is 0 Å². The van der Waals surface area contributed by atoms with Crippen molar-refractivity contribution in [1.29, 1.82) is 0 Å². The highest BCUT2D eigenvalue weighted by atomic mass is 16.6. The van der Waals surface area contributed by atoms with Crippen LogP contribution in [0.4, 0.5) is 0 Å². The van der Waals surface area contributed by atoms with Crippen LogP contribution >= 0.6 is 0 Å². The van der Waals surface area contributed by atoms with E-state index >= 15 is 0 Å². The molecule has 0 aliphatic carbocycles. The predicted molar refractivity (Wildman–Crippen MR) is 149 cm³/mol. The molecule has 0 aliphatic rings. The van der Waals surface area contributed by atoms with Gasteiger partial charge in [-0.25, -0.2) is 4.79 Å². The highest BCUT2D eigenvalue weighted by Gasteiger charge is 1.97. The predicted octanol–water partition coefficient (Wildman–Crippen LogP) is 2.07. The van der Waals surface area contributed by atoms with Crippen LogP contribution in [0.5, 0.6) is 0 Å². The first kappa shape index (κ1) is 38.8. The molecule has 12 heteroatoms. The van der Waals surface area contributed by atoms with Crippen molar-refractivity contribution >= 4 is 5.97 Å². The Kier molecular flexibility index (Phi) is 34.8. The number of esters is 1. The van der Waals surface area contributed by atoms with E-state index in [9.17, 15) is 4.79 Å². The van der Waals surface area contributed by atoms with E-state index in [2.05, 4.69) is 13.5 Å². The van der Waals surface area contributed by atoms with Crippen LogP contribution in [0.25, 0.3) is 0 Å². The van der Waals surface area contributed by atoms with Crippen molar-refractivity contribution in [3.8, 4) is 0 Å². The lowest BCUT2D eigenvalue weighted by molar-refractivity contribution is -0.139. The Morgan fingerprint density at radius 2 is 0.675 bits per heavy atom. The molecule has 0 fully saturated rings. The fourth-order valence-electron chi connectivity index (χ4n) is 2.80. The topological polar surface area (TPSA) is 119 Å². The van der Waals surface area contributed by atoms with E-state index < -0.39 is 5.97 Å². The highest BCUT2D eigenvalue weighted by molar-refractivity contribution is 5.81. The number of carbonyl (C=O) groups excluding carboxylic acids is 1. The van der Waals surface area contributed by atoms with E-state index in [0.29, 0.717) is 126 Å². The molecule has 0 saturated carbocycles. The maximum atomic E-state index is 10.8. The lowest BCUT2D eigenvalue weighted by Gasteiger charge is -2.09. The fourth-order valence-corrected chi connectivity index (χ4v) is 2.80. The molecule has 0 aromatic rings. The van der Waals surface area contributed by atoms with Crippen molar-refractivity contribution in [3.63, 3.8) is 0 Å². The first-order valence-electron chi connectivity index (χ1n) is 14.4. The summed E-state index contributed by atoms with van der Waals surface area (Å²) in [6.07, 6.45) is 4.65. The van der Waals surface area contributed by atoms with Crippen LogP contribution in [-0.4, -0.2) is 145 Å². The maximum Gasteiger partial charge on any atom is 0.330 e. The van der Waals surface area contributed by atoms with E-state index in [1.807, 2.05) is 0 Å². The third kappa shape index (κ3) is 34.8. The zero-order chi connectivity index (χ0) is 29.0. The van der Waals surface area contributed by atoms with Crippen molar-refractivity contribution in [1.82, 2.24) is 0 Å². The molecule has 0 heterocycles. The van der Waals surface area contributed by atoms with Crippen molar-refractivity contribution < 1.29 is 56.9 Å². The Labute approximate surface area is 240 Å². The third-order valence-corrected chi connectivity index (χ3v) is 4.88. The summed E-state index contributed by atoms with van der Waals surface area (Å²) in [6, 6.07) is 0. The monoisotopic (exact) mass is 582 g/mol. The molecule has 0 bridgehead atoms. The lowest BCUT2D eigenvalue weighted by Crippen LogP contribution is -2.15. The van der Waals surface area contributed by atoms with E-state index in [1.165, 1.54) is 12.8 Å². The SMILES string of the molecule is C=CC(=O)OCCOCCOCCOCCOCCOCCOCCOCCOCCOCCOCCCCC. The molecule has 0 amide bonds. The van der Waals surface area contributed by atoms with Crippen LogP contribution < -0.4 is 0 Å². The number of hydrogen-bond acceptors (Lipinski definition) is 12. The average Bonchev–Trinajstić information content (AvgIpc) is 2.97. The van der Waals surface area contributed by atoms with E-state index in [4.69, 9.17) is 52.1 Å². The van der Waals surface area contributed by atoms with Gasteiger partial charge < -0.3 is 52.1 Å². The van der Waals surface area contributed by atoms with Gasteiger partial charge in [0.25, 0.3) is 0 Å². The average molecular weight is 583 g/mol. The van der Waals surface area contributed by atoms with Crippen LogP contribution in [-0.2, 0) is 56.9 Å². The van der Waals surface area contributed by atoms with Crippen molar-refractivity contribution in [2.24, 2.45) is 0 Å². The molecular weight excluding hydrogens is 528 g/mol. The number of hydrogen-bond donors (Lipinski definition) is 0. The Morgan fingerprint density at radius 1 is 0.425 bits per heavy atom. The minimum atomic E-state index is -0.456. The molecule has 0 N–H and O–H groups in total. The van der Waals surface area contributed by atoms with Gasteiger partial charge in [-0.3, -0.25) is 0 Å². The van der Waals surface area contributed by atoms with Gasteiger partial charge in [0.2, 0.25) is 0 Å². The summed E-state index contributed by atoms with van der Waals surface area (Å²) >= 11 is 0. The fraction of sp³-hybridized carbons (Fsp3) is 0.893. The number of ether oxygens (including phenoxy) is 11. The molecule has 0 radical (unpaired) electrons. The quantitative estimate of drug-likeness (QED) is 0.0618. The zero-order valence-electron chi connectivity index (χ0n) is 24.7. The number of rotatable bonds is 35. The highest BCUT2D eigenvalue weighted by Crippen LogP contribution is 1.94. The standard InChI is InChI=1S/C28H54O12/c1-3-5-6-7-30-8-9-31-10-11-32-12-13-33-14-15-34-16-17-35-18-19-36-20-21-37-22-23-38-24-25-39-26-27-40-28(29)4-2/h4H,2-3,5-27H2,1H3.